The highest BCUT2D eigenvalue weighted by atomic mass is 35.5. The van der Waals surface area contributed by atoms with Gasteiger partial charge in [0.25, 0.3) is 0 Å². The third kappa shape index (κ3) is 5.08. The summed E-state index contributed by atoms with van der Waals surface area (Å²) in [6, 6.07) is 4.08. The van der Waals surface area contributed by atoms with Crippen LogP contribution < -0.4 is 11.1 Å². The van der Waals surface area contributed by atoms with Gasteiger partial charge >= 0.3 is 0 Å². The zero-order valence-electron chi connectivity index (χ0n) is 11.4. The molecule has 0 amide bonds. The molecule has 1 aliphatic rings. The number of dihydropyridines is 1. The van der Waals surface area contributed by atoms with Gasteiger partial charge in [0.2, 0.25) is 0 Å². The maximum atomic E-state index is 5.99. The third-order valence-corrected chi connectivity index (χ3v) is 2.92. The Labute approximate surface area is 138 Å². The van der Waals surface area contributed by atoms with Crippen molar-refractivity contribution in [3.63, 3.8) is 0 Å². The quantitative estimate of drug-likeness (QED) is 0.799. The minimum atomic E-state index is 0. The smallest absolute Gasteiger partial charge is 0.0653 e. The Hall–Kier alpha value is -1.16. The number of anilines is 2. The van der Waals surface area contributed by atoms with E-state index in [4.69, 9.17) is 5.73 Å². The van der Waals surface area contributed by atoms with Crippen LogP contribution in [-0.2, 0) is 0 Å². The molecule has 1 aliphatic heterocycles. The van der Waals surface area contributed by atoms with Crippen LogP contribution in [0, 0.1) is 13.8 Å². The molecule has 6 heteroatoms. The molecule has 0 radical (unpaired) electrons. The summed E-state index contributed by atoms with van der Waals surface area (Å²) in [5, 5.41) is 3.28. The minimum Gasteiger partial charge on any atom is -0.398 e. The monoisotopic (exact) mass is 335 g/mol. The molecule has 1 heterocycles. The molecule has 112 valence electrons. The number of hydrogen-bond acceptors (Lipinski definition) is 3. The molecule has 3 N–H and O–H groups in total. The van der Waals surface area contributed by atoms with Gasteiger partial charge in [-0.15, -0.1) is 37.2 Å². The molecular formula is C14H20Cl3N3. The molecule has 0 fully saturated rings. The average Bonchev–Trinajstić information content (AvgIpc) is 2.36. The molecule has 1 aromatic rings. The Morgan fingerprint density at radius 3 is 2.50 bits per heavy atom. The third-order valence-electron chi connectivity index (χ3n) is 2.92. The normalized spacial score (nSPS) is 14.0. The van der Waals surface area contributed by atoms with Gasteiger partial charge in [-0.1, -0.05) is 12.1 Å². The van der Waals surface area contributed by atoms with E-state index in [1.54, 1.807) is 0 Å². The highest BCUT2D eigenvalue weighted by Gasteiger charge is 2.03. The Morgan fingerprint density at radius 2 is 1.90 bits per heavy atom. The van der Waals surface area contributed by atoms with E-state index in [1.807, 2.05) is 50.5 Å². The summed E-state index contributed by atoms with van der Waals surface area (Å²) >= 11 is 0. The van der Waals surface area contributed by atoms with Crippen molar-refractivity contribution in [1.29, 1.82) is 0 Å². The Balaban J connectivity index is 0. The Kier molecular flexibility index (Phi) is 10.3. The van der Waals surface area contributed by atoms with Gasteiger partial charge in [0.1, 0.15) is 0 Å². The molecule has 2 rings (SSSR count). The number of aryl methyl sites for hydroxylation is 1. The first-order valence-corrected chi connectivity index (χ1v) is 5.66. The lowest BCUT2D eigenvalue weighted by molar-refractivity contribution is 1.17. The van der Waals surface area contributed by atoms with Gasteiger partial charge in [0, 0.05) is 23.8 Å². The molecule has 0 atom stereocenters. The van der Waals surface area contributed by atoms with E-state index >= 15 is 0 Å². The number of nitrogen functional groups attached to an aromatic ring is 1. The van der Waals surface area contributed by atoms with Gasteiger partial charge in [-0.2, -0.15) is 0 Å². The first-order chi connectivity index (χ1) is 8.18. The standard InChI is InChI=1S/C14H17N3.3ClH/c1-10-5-6-13(11(2)14(10)15)17-9-12-4-3-7-16-8-12;;;/h3-7,9,17H,8,15H2,1-2H3;3*1H/b12-9-;;;. The SMILES string of the molecule is Cc1ccc(N/C=C2/C=CC=NC2)c(C)c1N.Cl.Cl.Cl. The number of nitrogens with zero attached hydrogens (tertiary/aromatic N) is 1. The fourth-order valence-electron chi connectivity index (χ4n) is 1.72. The van der Waals surface area contributed by atoms with Crippen LogP contribution in [0.4, 0.5) is 11.4 Å². The number of nitrogens with two attached hydrogens (primary N) is 1. The topological polar surface area (TPSA) is 50.4 Å². The molecule has 0 bridgehead atoms. The molecular weight excluding hydrogens is 317 g/mol. The fraction of sp³-hybridized carbons (Fsp3) is 0.214. The molecule has 20 heavy (non-hydrogen) atoms. The van der Waals surface area contributed by atoms with Crippen molar-refractivity contribution < 1.29 is 0 Å². The van der Waals surface area contributed by atoms with Crippen LogP contribution in [0.25, 0.3) is 0 Å². The van der Waals surface area contributed by atoms with Gasteiger partial charge < -0.3 is 11.1 Å². The zero-order chi connectivity index (χ0) is 12.3. The van der Waals surface area contributed by atoms with Crippen molar-refractivity contribution in [3.8, 4) is 0 Å². The van der Waals surface area contributed by atoms with Gasteiger partial charge in [0.15, 0.2) is 0 Å². The molecule has 3 nitrogen and oxygen atoms in total. The van der Waals surface area contributed by atoms with E-state index in [-0.39, 0.29) is 37.2 Å². The Bertz CT molecular complexity index is 523. The molecule has 0 saturated carbocycles. The van der Waals surface area contributed by atoms with Crippen LogP contribution in [0.5, 0.6) is 0 Å². The highest BCUT2D eigenvalue weighted by molar-refractivity contribution is 5.86. The van der Waals surface area contributed by atoms with Crippen LogP contribution in [0.3, 0.4) is 0 Å². The van der Waals surface area contributed by atoms with E-state index in [0.717, 1.165) is 34.6 Å². The van der Waals surface area contributed by atoms with Crippen LogP contribution in [0.1, 0.15) is 11.1 Å². The number of aliphatic imine (C=N–C) groups is 1. The van der Waals surface area contributed by atoms with E-state index in [1.165, 1.54) is 0 Å². The lowest BCUT2D eigenvalue weighted by Crippen LogP contribution is -2.00. The van der Waals surface area contributed by atoms with Crippen molar-refractivity contribution in [1.82, 2.24) is 0 Å². The second-order valence-corrected chi connectivity index (χ2v) is 4.18. The van der Waals surface area contributed by atoms with E-state index < -0.39 is 0 Å². The van der Waals surface area contributed by atoms with E-state index in [0.29, 0.717) is 0 Å². The lowest BCUT2D eigenvalue weighted by Gasteiger charge is -2.11. The molecule has 0 aromatic heterocycles. The number of halogens is 3. The summed E-state index contributed by atoms with van der Waals surface area (Å²) in [6.45, 7) is 4.77. The largest absolute Gasteiger partial charge is 0.398 e. The summed E-state index contributed by atoms with van der Waals surface area (Å²) in [7, 11) is 0. The maximum absolute atomic E-state index is 5.99. The lowest BCUT2D eigenvalue weighted by atomic mass is 10.1. The fourth-order valence-corrected chi connectivity index (χ4v) is 1.72. The molecule has 0 aliphatic carbocycles. The highest BCUT2D eigenvalue weighted by Crippen LogP contribution is 2.24. The summed E-state index contributed by atoms with van der Waals surface area (Å²) in [5.74, 6) is 0. The predicted molar refractivity (Wildman–Crippen MR) is 96.3 cm³/mol. The Morgan fingerprint density at radius 1 is 1.20 bits per heavy atom. The second kappa shape index (κ2) is 9.70. The van der Waals surface area contributed by atoms with Gasteiger partial charge in [-0.25, -0.2) is 0 Å². The molecule has 1 aromatic carbocycles. The van der Waals surface area contributed by atoms with Crippen LogP contribution in [-0.4, -0.2) is 12.8 Å². The summed E-state index contributed by atoms with van der Waals surface area (Å²) < 4.78 is 0. The van der Waals surface area contributed by atoms with E-state index in [9.17, 15) is 0 Å². The summed E-state index contributed by atoms with van der Waals surface area (Å²) in [4.78, 5) is 4.18. The number of benzene rings is 1. The number of allylic oxidation sites excluding steroid dienone is 1. The number of rotatable bonds is 2. The van der Waals surface area contributed by atoms with Crippen LogP contribution in [0.15, 0.2) is 41.1 Å². The average molecular weight is 337 g/mol. The van der Waals surface area contributed by atoms with Gasteiger partial charge in [0.05, 0.1) is 6.54 Å². The van der Waals surface area contributed by atoms with Crippen molar-refractivity contribution in [2.24, 2.45) is 4.99 Å². The summed E-state index contributed by atoms with van der Waals surface area (Å²) in [5.41, 5.74) is 11.3. The van der Waals surface area contributed by atoms with Crippen molar-refractivity contribution >= 4 is 54.8 Å². The van der Waals surface area contributed by atoms with Crippen molar-refractivity contribution in [3.05, 3.63) is 47.2 Å². The predicted octanol–water partition coefficient (Wildman–Crippen LogP) is 4.09. The molecule has 0 spiro atoms. The van der Waals surface area contributed by atoms with Crippen molar-refractivity contribution in [2.45, 2.75) is 13.8 Å². The number of hydrogen-bond donors (Lipinski definition) is 2. The first kappa shape index (κ1) is 21.1. The van der Waals surface area contributed by atoms with Crippen molar-refractivity contribution in [2.75, 3.05) is 17.6 Å². The minimum absolute atomic E-state index is 0. The van der Waals surface area contributed by atoms with Gasteiger partial charge in [-0.05, 0) is 42.7 Å². The van der Waals surface area contributed by atoms with Crippen LogP contribution in [0.2, 0.25) is 0 Å². The molecule has 0 saturated heterocycles. The second-order valence-electron chi connectivity index (χ2n) is 4.18. The van der Waals surface area contributed by atoms with Gasteiger partial charge in [-0.3, -0.25) is 4.99 Å². The molecule has 0 unspecified atom stereocenters. The zero-order valence-corrected chi connectivity index (χ0v) is 13.9. The van der Waals surface area contributed by atoms with Crippen LogP contribution >= 0.6 is 37.2 Å². The summed E-state index contributed by atoms with van der Waals surface area (Å²) in [6.07, 6.45) is 7.77. The maximum Gasteiger partial charge on any atom is 0.0653 e. The number of nitrogens with one attached hydrogen (secondary N) is 1. The first-order valence-electron chi connectivity index (χ1n) is 5.66. The van der Waals surface area contributed by atoms with E-state index in [2.05, 4.69) is 10.3 Å².